The van der Waals surface area contributed by atoms with Gasteiger partial charge in [-0.2, -0.15) is 5.10 Å². The van der Waals surface area contributed by atoms with Gasteiger partial charge in [-0.05, 0) is 36.8 Å². The largest absolute Gasteiger partial charge is 0.496 e. The minimum atomic E-state index is 0.0820. The summed E-state index contributed by atoms with van der Waals surface area (Å²) < 4.78 is 5.42. The summed E-state index contributed by atoms with van der Waals surface area (Å²) in [5, 5.41) is 11.8. The van der Waals surface area contributed by atoms with Crippen LogP contribution in [-0.4, -0.2) is 46.2 Å². The lowest BCUT2D eigenvalue weighted by Gasteiger charge is -2.16. The maximum Gasteiger partial charge on any atom is 0.253 e. The minimum absolute atomic E-state index is 0.0820. The number of ether oxygens (including phenoxy) is 1. The maximum absolute atomic E-state index is 12.7. The molecular weight excluding hydrogens is 402 g/mol. The first-order valence-electron chi connectivity index (χ1n) is 10.8. The number of pyridine rings is 1. The van der Waals surface area contributed by atoms with Gasteiger partial charge in [0.1, 0.15) is 5.75 Å². The predicted octanol–water partition coefficient (Wildman–Crippen LogP) is 4.21. The van der Waals surface area contributed by atoms with E-state index in [1.807, 2.05) is 71.6 Å². The number of amides is 1. The van der Waals surface area contributed by atoms with Gasteiger partial charge in [-0.15, -0.1) is 0 Å². The number of carbonyl (C=O) groups is 1. The van der Waals surface area contributed by atoms with Crippen LogP contribution in [0.2, 0.25) is 0 Å². The number of aromatic amines is 1. The summed E-state index contributed by atoms with van der Waals surface area (Å²) in [4.78, 5) is 19.5. The van der Waals surface area contributed by atoms with Crippen LogP contribution in [0.25, 0.3) is 11.0 Å². The molecule has 1 saturated heterocycles. The fourth-order valence-electron chi connectivity index (χ4n) is 4.26. The molecule has 1 aliphatic rings. The average molecular weight is 428 g/mol. The van der Waals surface area contributed by atoms with Crippen LogP contribution in [0.15, 0.2) is 66.7 Å². The van der Waals surface area contributed by atoms with E-state index in [1.165, 1.54) is 0 Å². The van der Waals surface area contributed by atoms with Crippen molar-refractivity contribution in [2.45, 2.75) is 18.9 Å². The van der Waals surface area contributed by atoms with Crippen LogP contribution in [0.5, 0.6) is 5.75 Å². The van der Waals surface area contributed by atoms with Crippen molar-refractivity contribution in [2.24, 2.45) is 0 Å². The third-order valence-electron chi connectivity index (χ3n) is 6.00. The number of carbonyl (C=O) groups excluding carboxylic acids is 1. The first-order chi connectivity index (χ1) is 15.7. The smallest absolute Gasteiger partial charge is 0.253 e. The number of likely N-dealkylation sites (tertiary alicyclic amines) is 1. The average Bonchev–Trinajstić information content (AvgIpc) is 3.50. The molecule has 0 radical (unpaired) electrons. The van der Waals surface area contributed by atoms with Gasteiger partial charge in [0, 0.05) is 42.4 Å². The van der Waals surface area contributed by atoms with Crippen LogP contribution in [0.4, 0.5) is 5.82 Å². The number of fused-ring (bicyclic) bond motifs is 1. The Morgan fingerprint density at radius 2 is 1.94 bits per heavy atom. The lowest BCUT2D eigenvalue weighted by Crippen LogP contribution is -2.28. The Bertz CT molecular complexity index is 1240. The van der Waals surface area contributed by atoms with Crippen LogP contribution in [-0.2, 0) is 6.54 Å². The van der Waals surface area contributed by atoms with Crippen molar-refractivity contribution < 1.29 is 9.53 Å². The van der Waals surface area contributed by atoms with Crippen molar-refractivity contribution in [3.63, 3.8) is 0 Å². The van der Waals surface area contributed by atoms with Crippen LogP contribution in [0.1, 0.15) is 34.0 Å². The molecular formula is C25H25N5O2. The molecule has 7 nitrogen and oxygen atoms in total. The van der Waals surface area contributed by atoms with E-state index in [9.17, 15) is 4.79 Å². The molecule has 0 bridgehead atoms. The molecule has 0 saturated carbocycles. The molecule has 0 aliphatic carbocycles. The molecule has 162 valence electrons. The molecule has 1 atom stereocenters. The van der Waals surface area contributed by atoms with E-state index in [-0.39, 0.29) is 11.8 Å². The van der Waals surface area contributed by atoms with Gasteiger partial charge < -0.3 is 15.0 Å². The maximum atomic E-state index is 12.7. The standard InChI is InChI=1S/C25H25N5O2/c1-32-22-10-6-5-9-18(22)15-26-23-20-11-12-21(27-24(20)29-28-23)19-13-14-30(16-19)25(31)17-7-3-2-4-8-17/h2-12,19H,13-16H2,1H3,(H2,26,27,28,29). The van der Waals surface area contributed by atoms with Gasteiger partial charge in [-0.25, -0.2) is 4.98 Å². The van der Waals surface area contributed by atoms with Gasteiger partial charge in [-0.3, -0.25) is 9.89 Å². The molecule has 7 heteroatoms. The number of hydrogen-bond acceptors (Lipinski definition) is 5. The second kappa shape index (κ2) is 8.70. The Labute approximate surface area is 186 Å². The Morgan fingerprint density at radius 3 is 2.78 bits per heavy atom. The fraction of sp³-hybridized carbons (Fsp3) is 0.240. The number of benzene rings is 2. The van der Waals surface area contributed by atoms with Gasteiger partial charge in [0.05, 0.1) is 12.5 Å². The molecule has 2 N–H and O–H groups in total. The van der Waals surface area contributed by atoms with Crippen molar-refractivity contribution in [3.05, 3.63) is 83.6 Å². The Balaban J connectivity index is 1.28. The zero-order valence-corrected chi connectivity index (χ0v) is 17.9. The van der Waals surface area contributed by atoms with E-state index in [2.05, 4.69) is 15.5 Å². The van der Waals surface area contributed by atoms with E-state index in [0.717, 1.165) is 52.4 Å². The summed E-state index contributed by atoms with van der Waals surface area (Å²) in [5.74, 6) is 1.91. The molecule has 3 heterocycles. The van der Waals surface area contributed by atoms with E-state index < -0.39 is 0 Å². The zero-order chi connectivity index (χ0) is 21.9. The van der Waals surface area contributed by atoms with Crippen molar-refractivity contribution >= 4 is 22.8 Å². The van der Waals surface area contributed by atoms with Gasteiger partial charge >= 0.3 is 0 Å². The highest BCUT2D eigenvalue weighted by molar-refractivity contribution is 5.94. The molecule has 1 amide bonds. The quantitative estimate of drug-likeness (QED) is 0.482. The number of rotatable bonds is 6. The Morgan fingerprint density at radius 1 is 1.12 bits per heavy atom. The second-order valence-electron chi connectivity index (χ2n) is 7.97. The number of H-pyrrole nitrogens is 1. The summed E-state index contributed by atoms with van der Waals surface area (Å²) in [6.07, 6.45) is 0.907. The highest BCUT2D eigenvalue weighted by Gasteiger charge is 2.29. The number of nitrogens with zero attached hydrogens (tertiary/aromatic N) is 3. The van der Waals surface area contributed by atoms with Crippen molar-refractivity contribution in [1.29, 1.82) is 0 Å². The van der Waals surface area contributed by atoms with Gasteiger partial charge in [0.25, 0.3) is 5.91 Å². The lowest BCUT2D eigenvalue weighted by molar-refractivity contribution is 0.0790. The third kappa shape index (κ3) is 3.89. The van der Waals surface area contributed by atoms with Gasteiger partial charge in [-0.1, -0.05) is 36.4 Å². The van der Waals surface area contributed by atoms with Crippen molar-refractivity contribution in [3.8, 4) is 5.75 Å². The highest BCUT2D eigenvalue weighted by atomic mass is 16.5. The third-order valence-corrected chi connectivity index (χ3v) is 6.00. The molecule has 4 aromatic rings. The van der Waals surface area contributed by atoms with E-state index >= 15 is 0 Å². The molecule has 2 aromatic heterocycles. The molecule has 0 spiro atoms. The SMILES string of the molecule is COc1ccccc1CNc1n[nH]c2nc(C3CCN(C(=O)c4ccccc4)C3)ccc12. The van der Waals surface area contributed by atoms with Crippen molar-refractivity contribution in [2.75, 3.05) is 25.5 Å². The van der Waals surface area contributed by atoms with E-state index in [1.54, 1.807) is 7.11 Å². The second-order valence-corrected chi connectivity index (χ2v) is 7.97. The van der Waals surface area contributed by atoms with Crippen LogP contribution in [0.3, 0.4) is 0 Å². The van der Waals surface area contributed by atoms with Crippen LogP contribution < -0.4 is 10.1 Å². The fourth-order valence-corrected chi connectivity index (χ4v) is 4.26. The molecule has 32 heavy (non-hydrogen) atoms. The predicted molar refractivity (Wildman–Crippen MR) is 124 cm³/mol. The van der Waals surface area contributed by atoms with E-state index in [4.69, 9.17) is 9.72 Å². The number of methoxy groups -OCH3 is 1. The monoisotopic (exact) mass is 427 g/mol. The first-order valence-corrected chi connectivity index (χ1v) is 10.8. The lowest BCUT2D eigenvalue weighted by atomic mass is 10.0. The summed E-state index contributed by atoms with van der Waals surface area (Å²) in [7, 11) is 1.67. The number of aromatic nitrogens is 3. The van der Waals surface area contributed by atoms with Crippen molar-refractivity contribution in [1.82, 2.24) is 20.1 Å². The molecule has 2 aromatic carbocycles. The molecule has 1 aliphatic heterocycles. The van der Waals surface area contributed by atoms with Gasteiger partial charge in [0.2, 0.25) is 0 Å². The highest BCUT2D eigenvalue weighted by Crippen LogP contribution is 2.29. The molecule has 5 rings (SSSR count). The van der Waals surface area contributed by atoms with Crippen LogP contribution in [0, 0.1) is 0 Å². The number of nitrogens with one attached hydrogen (secondary N) is 2. The Hall–Kier alpha value is -3.87. The topological polar surface area (TPSA) is 83.1 Å². The normalized spacial score (nSPS) is 15.8. The summed E-state index contributed by atoms with van der Waals surface area (Å²) in [5.41, 5.74) is 3.53. The zero-order valence-electron chi connectivity index (χ0n) is 17.9. The molecule has 1 fully saturated rings. The Kier molecular flexibility index (Phi) is 5.46. The first kappa shape index (κ1) is 20.1. The summed E-state index contributed by atoms with van der Waals surface area (Å²) >= 11 is 0. The number of para-hydroxylation sites is 1. The summed E-state index contributed by atoms with van der Waals surface area (Å²) in [6, 6.07) is 21.5. The minimum Gasteiger partial charge on any atom is -0.496 e. The van der Waals surface area contributed by atoms with Crippen LogP contribution >= 0.6 is 0 Å². The number of anilines is 1. The number of hydrogen-bond donors (Lipinski definition) is 2. The molecule has 1 unspecified atom stereocenters. The summed E-state index contributed by atoms with van der Waals surface area (Å²) in [6.45, 7) is 2.02. The van der Waals surface area contributed by atoms with Gasteiger partial charge in [0.15, 0.2) is 11.5 Å². The van der Waals surface area contributed by atoms with E-state index in [0.29, 0.717) is 13.1 Å².